The summed E-state index contributed by atoms with van der Waals surface area (Å²) in [5, 5.41) is 2.60. The smallest absolute Gasteiger partial charge is 0.257 e. The van der Waals surface area contributed by atoms with Gasteiger partial charge >= 0.3 is 0 Å². The summed E-state index contributed by atoms with van der Waals surface area (Å²) in [5.41, 5.74) is 6.71. The van der Waals surface area contributed by atoms with Gasteiger partial charge in [-0.2, -0.15) is 0 Å². The normalized spacial score (nSPS) is 10.2. The van der Waals surface area contributed by atoms with Gasteiger partial charge in [0.2, 0.25) is 0 Å². The molecule has 20 heavy (non-hydrogen) atoms. The molecule has 0 bridgehead atoms. The summed E-state index contributed by atoms with van der Waals surface area (Å²) in [4.78, 5) is 12.1. The highest BCUT2D eigenvalue weighted by molar-refractivity contribution is 9.10. The molecular weight excluding hydrogens is 327 g/mol. The zero-order valence-corrected chi connectivity index (χ0v) is 12.2. The maximum absolute atomic E-state index is 13.2. The first-order chi connectivity index (χ1) is 9.51. The number of anilines is 2. The second-order valence-corrected chi connectivity index (χ2v) is 4.89. The number of rotatable bonds is 3. The van der Waals surface area contributed by atoms with Gasteiger partial charge in [0.05, 0.1) is 18.4 Å². The molecule has 104 valence electrons. The summed E-state index contributed by atoms with van der Waals surface area (Å²) in [7, 11) is 1.51. The second kappa shape index (κ2) is 5.92. The van der Waals surface area contributed by atoms with Gasteiger partial charge in [0, 0.05) is 16.2 Å². The predicted molar refractivity (Wildman–Crippen MR) is 79.5 cm³/mol. The van der Waals surface area contributed by atoms with Crippen molar-refractivity contribution in [3.05, 3.63) is 52.3 Å². The molecular formula is C14H12BrFN2O2. The first kappa shape index (κ1) is 14.3. The lowest BCUT2D eigenvalue weighted by Gasteiger charge is -2.10. The van der Waals surface area contributed by atoms with Crippen LogP contribution in [0.3, 0.4) is 0 Å². The van der Waals surface area contributed by atoms with Crippen LogP contribution in [0.5, 0.6) is 5.75 Å². The van der Waals surface area contributed by atoms with Crippen LogP contribution in [0.2, 0.25) is 0 Å². The lowest BCUT2D eigenvalue weighted by atomic mass is 10.1. The van der Waals surface area contributed by atoms with E-state index in [4.69, 9.17) is 10.5 Å². The van der Waals surface area contributed by atoms with Crippen molar-refractivity contribution in [3.63, 3.8) is 0 Å². The molecule has 0 saturated carbocycles. The molecule has 4 nitrogen and oxygen atoms in total. The van der Waals surface area contributed by atoms with E-state index < -0.39 is 11.7 Å². The van der Waals surface area contributed by atoms with Crippen LogP contribution in [-0.2, 0) is 0 Å². The molecule has 0 aliphatic heterocycles. The molecule has 2 aromatic carbocycles. The van der Waals surface area contributed by atoms with Gasteiger partial charge < -0.3 is 15.8 Å². The van der Waals surface area contributed by atoms with Gasteiger partial charge in [0.15, 0.2) is 0 Å². The molecule has 6 heteroatoms. The Balaban J connectivity index is 2.26. The van der Waals surface area contributed by atoms with E-state index in [-0.39, 0.29) is 5.69 Å². The highest BCUT2D eigenvalue weighted by atomic mass is 79.9. The van der Waals surface area contributed by atoms with Crippen molar-refractivity contribution in [2.75, 3.05) is 18.2 Å². The van der Waals surface area contributed by atoms with Crippen LogP contribution in [0.4, 0.5) is 15.8 Å². The Morgan fingerprint density at radius 3 is 2.70 bits per heavy atom. The van der Waals surface area contributed by atoms with Gasteiger partial charge in [-0.25, -0.2) is 4.39 Å². The fraction of sp³-hybridized carbons (Fsp3) is 0.0714. The van der Waals surface area contributed by atoms with E-state index in [9.17, 15) is 9.18 Å². The summed E-state index contributed by atoms with van der Waals surface area (Å²) >= 11 is 3.24. The number of hydrogen-bond acceptors (Lipinski definition) is 3. The SMILES string of the molecule is COc1ccc(C(=O)Nc2cc(F)ccc2Br)c(N)c1. The van der Waals surface area contributed by atoms with Crippen LogP contribution in [0.15, 0.2) is 40.9 Å². The summed E-state index contributed by atoms with van der Waals surface area (Å²) in [5.74, 6) is -0.298. The largest absolute Gasteiger partial charge is 0.497 e. The predicted octanol–water partition coefficient (Wildman–Crippen LogP) is 3.43. The Hall–Kier alpha value is -2.08. The average molecular weight is 339 g/mol. The van der Waals surface area contributed by atoms with Crippen LogP contribution >= 0.6 is 15.9 Å². The quantitative estimate of drug-likeness (QED) is 0.842. The Morgan fingerprint density at radius 2 is 2.05 bits per heavy atom. The third-order valence-electron chi connectivity index (χ3n) is 2.68. The van der Waals surface area contributed by atoms with Gasteiger partial charge in [0.1, 0.15) is 11.6 Å². The molecule has 0 aliphatic rings. The Bertz CT molecular complexity index is 662. The second-order valence-electron chi connectivity index (χ2n) is 4.03. The van der Waals surface area contributed by atoms with E-state index in [1.807, 2.05) is 0 Å². The summed E-state index contributed by atoms with van der Waals surface area (Å²) in [6.45, 7) is 0. The van der Waals surface area contributed by atoms with E-state index in [1.54, 1.807) is 18.2 Å². The zero-order chi connectivity index (χ0) is 14.7. The van der Waals surface area contributed by atoms with Gasteiger partial charge in [-0.05, 0) is 46.3 Å². The molecule has 0 spiro atoms. The summed E-state index contributed by atoms with van der Waals surface area (Å²) in [6.07, 6.45) is 0. The number of amides is 1. The van der Waals surface area contributed by atoms with E-state index in [0.717, 1.165) is 0 Å². The third kappa shape index (κ3) is 3.08. The van der Waals surface area contributed by atoms with Crippen molar-refractivity contribution in [2.45, 2.75) is 0 Å². The number of nitrogens with one attached hydrogen (secondary N) is 1. The van der Waals surface area contributed by atoms with E-state index in [0.29, 0.717) is 21.5 Å². The molecule has 2 aromatic rings. The van der Waals surface area contributed by atoms with E-state index in [2.05, 4.69) is 21.2 Å². The molecule has 0 radical (unpaired) electrons. The minimum Gasteiger partial charge on any atom is -0.497 e. The van der Waals surface area contributed by atoms with Crippen LogP contribution in [0, 0.1) is 5.82 Å². The van der Waals surface area contributed by atoms with Crippen LogP contribution < -0.4 is 15.8 Å². The van der Waals surface area contributed by atoms with Gasteiger partial charge in [-0.15, -0.1) is 0 Å². The molecule has 0 fully saturated rings. The monoisotopic (exact) mass is 338 g/mol. The van der Waals surface area contributed by atoms with Crippen molar-refractivity contribution in [3.8, 4) is 5.75 Å². The molecule has 0 heterocycles. The van der Waals surface area contributed by atoms with Crippen molar-refractivity contribution >= 4 is 33.2 Å². The van der Waals surface area contributed by atoms with Crippen molar-refractivity contribution in [1.82, 2.24) is 0 Å². The summed E-state index contributed by atoms with van der Waals surface area (Å²) in [6, 6.07) is 8.77. The van der Waals surface area contributed by atoms with Crippen molar-refractivity contribution in [1.29, 1.82) is 0 Å². The number of hydrogen-bond donors (Lipinski definition) is 2. The highest BCUT2D eigenvalue weighted by Crippen LogP contribution is 2.25. The third-order valence-corrected chi connectivity index (χ3v) is 3.37. The molecule has 0 aromatic heterocycles. The molecule has 1 amide bonds. The standard InChI is InChI=1S/C14H12BrFN2O2/c1-20-9-3-4-10(12(17)7-9)14(19)18-13-6-8(16)2-5-11(13)15/h2-7H,17H2,1H3,(H,18,19). The fourth-order valence-electron chi connectivity index (χ4n) is 1.66. The highest BCUT2D eigenvalue weighted by Gasteiger charge is 2.12. The van der Waals surface area contributed by atoms with Gasteiger partial charge in [-0.1, -0.05) is 0 Å². The minimum atomic E-state index is -0.439. The van der Waals surface area contributed by atoms with E-state index in [1.165, 1.54) is 25.3 Å². The van der Waals surface area contributed by atoms with Crippen LogP contribution in [-0.4, -0.2) is 13.0 Å². The Morgan fingerprint density at radius 1 is 1.30 bits per heavy atom. The molecule has 0 unspecified atom stereocenters. The number of nitrogen functional groups attached to an aromatic ring is 1. The number of ether oxygens (including phenoxy) is 1. The molecule has 0 saturated heterocycles. The maximum atomic E-state index is 13.2. The average Bonchev–Trinajstić information content (AvgIpc) is 2.42. The number of halogens is 2. The lowest BCUT2D eigenvalue weighted by Crippen LogP contribution is -2.14. The number of carbonyl (C=O) groups is 1. The lowest BCUT2D eigenvalue weighted by molar-refractivity contribution is 0.102. The number of nitrogens with two attached hydrogens (primary N) is 1. The fourth-order valence-corrected chi connectivity index (χ4v) is 2.00. The number of carbonyl (C=O) groups excluding carboxylic acids is 1. The van der Waals surface area contributed by atoms with Crippen molar-refractivity contribution < 1.29 is 13.9 Å². The summed E-state index contributed by atoms with van der Waals surface area (Å²) < 4.78 is 18.8. The minimum absolute atomic E-state index is 0.286. The van der Waals surface area contributed by atoms with Crippen LogP contribution in [0.25, 0.3) is 0 Å². The molecule has 0 aliphatic carbocycles. The first-order valence-corrected chi connectivity index (χ1v) is 6.50. The van der Waals surface area contributed by atoms with Crippen LogP contribution in [0.1, 0.15) is 10.4 Å². The van der Waals surface area contributed by atoms with Gasteiger partial charge in [-0.3, -0.25) is 4.79 Å². The number of methoxy groups -OCH3 is 1. The number of benzene rings is 2. The Labute approximate surface area is 123 Å². The zero-order valence-electron chi connectivity index (χ0n) is 10.6. The first-order valence-electron chi connectivity index (χ1n) is 5.71. The Kier molecular flexibility index (Phi) is 4.24. The van der Waals surface area contributed by atoms with Gasteiger partial charge in [0.25, 0.3) is 5.91 Å². The topological polar surface area (TPSA) is 64.3 Å². The maximum Gasteiger partial charge on any atom is 0.257 e. The molecule has 0 atom stereocenters. The van der Waals surface area contributed by atoms with Crippen molar-refractivity contribution in [2.24, 2.45) is 0 Å². The molecule has 3 N–H and O–H groups in total. The van der Waals surface area contributed by atoms with E-state index >= 15 is 0 Å². The molecule has 2 rings (SSSR count).